The molecule has 2 N–H and O–H groups in total. The molecule has 0 aliphatic carbocycles. The van der Waals surface area contributed by atoms with Gasteiger partial charge in [0.1, 0.15) is 0 Å². The lowest BCUT2D eigenvalue weighted by Gasteiger charge is -2.23. The second-order valence-electron chi connectivity index (χ2n) is 3.50. The van der Waals surface area contributed by atoms with Crippen LogP contribution >= 0.6 is 0 Å². The average molecular weight is 181 g/mol. The molecule has 13 heavy (non-hydrogen) atoms. The molecular formula is C9H15N3O. The normalized spacial score (nSPS) is 23.3. The summed E-state index contributed by atoms with van der Waals surface area (Å²) in [7, 11) is 0. The molecular weight excluding hydrogens is 166 g/mol. The molecule has 72 valence electrons. The summed E-state index contributed by atoms with van der Waals surface area (Å²) in [6, 6.07) is 0.381. The molecule has 1 aliphatic rings. The molecule has 1 saturated heterocycles. The second-order valence-corrected chi connectivity index (χ2v) is 3.50. The first kappa shape index (κ1) is 8.56. The van der Waals surface area contributed by atoms with E-state index in [1.165, 1.54) is 0 Å². The SMILES string of the molecule is Cc1c(N)cnn1C1CCCOC1. The molecule has 0 radical (unpaired) electrons. The lowest BCUT2D eigenvalue weighted by atomic mass is 10.1. The molecule has 2 rings (SSSR count). The summed E-state index contributed by atoms with van der Waals surface area (Å²) in [6.45, 7) is 3.64. The van der Waals surface area contributed by atoms with Crippen molar-refractivity contribution in [1.82, 2.24) is 9.78 Å². The van der Waals surface area contributed by atoms with Gasteiger partial charge in [-0.15, -0.1) is 0 Å². The van der Waals surface area contributed by atoms with Gasteiger partial charge in [-0.3, -0.25) is 4.68 Å². The number of nitrogens with two attached hydrogens (primary N) is 1. The van der Waals surface area contributed by atoms with Gasteiger partial charge in [-0.1, -0.05) is 0 Å². The van der Waals surface area contributed by atoms with E-state index in [2.05, 4.69) is 5.10 Å². The Bertz CT molecular complexity index is 289. The highest BCUT2D eigenvalue weighted by Gasteiger charge is 2.18. The average Bonchev–Trinajstić information content (AvgIpc) is 2.49. The van der Waals surface area contributed by atoms with Crippen LogP contribution in [0.1, 0.15) is 24.6 Å². The Labute approximate surface area is 77.7 Å². The van der Waals surface area contributed by atoms with Gasteiger partial charge >= 0.3 is 0 Å². The fourth-order valence-electron chi connectivity index (χ4n) is 1.72. The number of anilines is 1. The smallest absolute Gasteiger partial charge is 0.0757 e. The molecule has 0 aromatic carbocycles. The summed E-state index contributed by atoms with van der Waals surface area (Å²) < 4.78 is 7.38. The van der Waals surface area contributed by atoms with Crippen molar-refractivity contribution >= 4 is 5.69 Å². The number of nitrogen functional groups attached to an aromatic ring is 1. The minimum Gasteiger partial charge on any atom is -0.396 e. The zero-order valence-electron chi connectivity index (χ0n) is 7.86. The number of rotatable bonds is 1. The molecule has 1 aliphatic heterocycles. The molecule has 4 nitrogen and oxygen atoms in total. The van der Waals surface area contributed by atoms with Crippen LogP contribution < -0.4 is 5.73 Å². The van der Waals surface area contributed by atoms with Crippen LogP contribution in [0.3, 0.4) is 0 Å². The number of aromatic nitrogens is 2. The van der Waals surface area contributed by atoms with E-state index in [-0.39, 0.29) is 0 Å². The Morgan fingerprint density at radius 3 is 3.08 bits per heavy atom. The van der Waals surface area contributed by atoms with E-state index < -0.39 is 0 Å². The molecule has 0 amide bonds. The number of ether oxygens (including phenoxy) is 1. The van der Waals surface area contributed by atoms with E-state index in [4.69, 9.17) is 10.5 Å². The maximum atomic E-state index is 5.72. The van der Waals surface area contributed by atoms with Crippen LogP contribution in [0.2, 0.25) is 0 Å². The van der Waals surface area contributed by atoms with Crippen molar-refractivity contribution in [2.45, 2.75) is 25.8 Å². The predicted molar refractivity (Wildman–Crippen MR) is 50.5 cm³/mol. The summed E-state index contributed by atoms with van der Waals surface area (Å²) in [6.07, 6.45) is 3.97. The summed E-state index contributed by atoms with van der Waals surface area (Å²) in [5, 5.41) is 4.25. The highest BCUT2D eigenvalue weighted by atomic mass is 16.5. The summed E-state index contributed by atoms with van der Waals surface area (Å²) in [5.41, 5.74) is 7.54. The third-order valence-electron chi connectivity index (χ3n) is 2.56. The van der Waals surface area contributed by atoms with Gasteiger partial charge in [0, 0.05) is 6.61 Å². The van der Waals surface area contributed by atoms with Gasteiger partial charge in [-0.25, -0.2) is 0 Å². The highest BCUT2D eigenvalue weighted by Crippen LogP contribution is 2.22. The zero-order valence-corrected chi connectivity index (χ0v) is 7.86. The van der Waals surface area contributed by atoms with Crippen molar-refractivity contribution in [2.24, 2.45) is 0 Å². The lowest BCUT2D eigenvalue weighted by molar-refractivity contribution is 0.0542. The predicted octanol–water partition coefficient (Wildman–Crippen LogP) is 1.13. The maximum absolute atomic E-state index is 5.72. The Morgan fingerprint density at radius 2 is 2.54 bits per heavy atom. The van der Waals surface area contributed by atoms with Crippen molar-refractivity contribution in [3.8, 4) is 0 Å². The van der Waals surface area contributed by atoms with Crippen LogP contribution in [0.25, 0.3) is 0 Å². The van der Waals surface area contributed by atoms with Crippen LogP contribution in [0, 0.1) is 6.92 Å². The molecule has 0 saturated carbocycles. The Balaban J connectivity index is 2.18. The van der Waals surface area contributed by atoms with Crippen molar-refractivity contribution in [3.05, 3.63) is 11.9 Å². The number of nitrogens with zero attached hydrogens (tertiary/aromatic N) is 2. The molecule has 1 atom stereocenters. The van der Waals surface area contributed by atoms with E-state index in [1.807, 2.05) is 11.6 Å². The van der Waals surface area contributed by atoms with E-state index in [1.54, 1.807) is 6.20 Å². The number of hydrogen-bond acceptors (Lipinski definition) is 3. The maximum Gasteiger partial charge on any atom is 0.0757 e. The molecule has 1 aromatic rings. The molecule has 0 spiro atoms. The largest absolute Gasteiger partial charge is 0.396 e. The first-order valence-corrected chi connectivity index (χ1v) is 4.66. The van der Waals surface area contributed by atoms with Gasteiger partial charge in [0.05, 0.1) is 30.2 Å². The van der Waals surface area contributed by atoms with Crippen molar-refractivity contribution in [2.75, 3.05) is 18.9 Å². The first-order chi connectivity index (χ1) is 6.29. The highest BCUT2D eigenvalue weighted by molar-refractivity contribution is 5.39. The monoisotopic (exact) mass is 181 g/mol. The minimum atomic E-state index is 0.381. The lowest BCUT2D eigenvalue weighted by Crippen LogP contribution is -2.23. The van der Waals surface area contributed by atoms with Crippen LogP contribution in [-0.4, -0.2) is 23.0 Å². The van der Waals surface area contributed by atoms with Gasteiger partial charge in [-0.05, 0) is 19.8 Å². The van der Waals surface area contributed by atoms with Crippen LogP contribution in [0.4, 0.5) is 5.69 Å². The van der Waals surface area contributed by atoms with Crippen molar-refractivity contribution in [3.63, 3.8) is 0 Å². The summed E-state index contributed by atoms with van der Waals surface area (Å²) >= 11 is 0. The van der Waals surface area contributed by atoms with E-state index in [0.717, 1.165) is 37.4 Å². The Kier molecular flexibility index (Phi) is 2.22. The van der Waals surface area contributed by atoms with Gasteiger partial charge in [0.15, 0.2) is 0 Å². The fraction of sp³-hybridized carbons (Fsp3) is 0.667. The van der Waals surface area contributed by atoms with Crippen molar-refractivity contribution < 1.29 is 4.74 Å². The molecule has 1 aromatic heterocycles. The zero-order chi connectivity index (χ0) is 9.26. The Hall–Kier alpha value is -1.03. The third kappa shape index (κ3) is 1.54. The third-order valence-corrected chi connectivity index (χ3v) is 2.56. The fourth-order valence-corrected chi connectivity index (χ4v) is 1.72. The summed E-state index contributed by atoms with van der Waals surface area (Å²) in [4.78, 5) is 0. The molecule has 1 fully saturated rings. The van der Waals surface area contributed by atoms with Crippen LogP contribution in [0.15, 0.2) is 6.20 Å². The van der Waals surface area contributed by atoms with Gasteiger partial charge in [0.2, 0.25) is 0 Å². The number of hydrogen-bond donors (Lipinski definition) is 1. The quantitative estimate of drug-likeness (QED) is 0.706. The van der Waals surface area contributed by atoms with Gasteiger partial charge in [-0.2, -0.15) is 5.10 Å². The topological polar surface area (TPSA) is 53.1 Å². The Morgan fingerprint density at radius 1 is 1.69 bits per heavy atom. The first-order valence-electron chi connectivity index (χ1n) is 4.66. The van der Waals surface area contributed by atoms with E-state index in [0.29, 0.717) is 6.04 Å². The standard InChI is InChI=1S/C9H15N3O/c1-7-9(10)5-11-12(7)8-3-2-4-13-6-8/h5,8H,2-4,6,10H2,1H3. The molecule has 1 unspecified atom stereocenters. The minimum absolute atomic E-state index is 0.381. The van der Waals surface area contributed by atoms with Crippen LogP contribution in [-0.2, 0) is 4.74 Å². The van der Waals surface area contributed by atoms with Gasteiger partial charge < -0.3 is 10.5 Å². The molecule has 2 heterocycles. The van der Waals surface area contributed by atoms with Gasteiger partial charge in [0.25, 0.3) is 0 Å². The molecule has 4 heteroatoms. The van der Waals surface area contributed by atoms with Crippen LogP contribution in [0.5, 0.6) is 0 Å². The van der Waals surface area contributed by atoms with Crippen molar-refractivity contribution in [1.29, 1.82) is 0 Å². The molecule has 0 bridgehead atoms. The summed E-state index contributed by atoms with van der Waals surface area (Å²) in [5.74, 6) is 0. The second kappa shape index (κ2) is 3.38. The van der Waals surface area contributed by atoms with E-state index >= 15 is 0 Å². The van der Waals surface area contributed by atoms with E-state index in [9.17, 15) is 0 Å².